The third-order valence-corrected chi connectivity index (χ3v) is 8.20. The molecule has 0 radical (unpaired) electrons. The molecule has 0 saturated carbocycles. The zero-order valence-corrected chi connectivity index (χ0v) is 25.6. The number of halogens is 1. The summed E-state index contributed by atoms with van der Waals surface area (Å²) in [5.41, 5.74) is 2.66. The first kappa shape index (κ1) is 30.8. The number of rotatable bonds is 11. The van der Waals surface area contributed by atoms with Crippen molar-refractivity contribution < 1.29 is 18.4 Å². The Morgan fingerprint density at radius 3 is 2.26 bits per heavy atom. The number of nitrogens with zero attached hydrogens (tertiary/aromatic N) is 6. The average molecular weight is 622 g/mol. The highest BCUT2D eigenvalue weighted by Crippen LogP contribution is 2.30. The van der Waals surface area contributed by atoms with Crippen LogP contribution in [-0.2, 0) is 29.2 Å². The molecule has 2 aromatic heterocycles. The summed E-state index contributed by atoms with van der Waals surface area (Å²) in [7, 11) is 0. The van der Waals surface area contributed by atoms with E-state index in [1.165, 1.54) is 22.5 Å². The summed E-state index contributed by atoms with van der Waals surface area (Å²) in [6, 6.07) is 27.9. The number of aromatic nitrogens is 4. The Kier molecular flexibility index (Phi) is 9.59. The van der Waals surface area contributed by atoms with Gasteiger partial charge >= 0.3 is 0 Å². The zero-order chi connectivity index (χ0) is 31.9. The first-order chi connectivity index (χ1) is 22.4. The molecule has 46 heavy (non-hydrogen) atoms. The van der Waals surface area contributed by atoms with Crippen molar-refractivity contribution in [3.63, 3.8) is 0 Å². The van der Waals surface area contributed by atoms with Crippen LogP contribution >= 0.6 is 0 Å². The predicted molar refractivity (Wildman–Crippen MR) is 169 cm³/mol. The number of hydrogen-bond acceptors (Lipinski definition) is 7. The van der Waals surface area contributed by atoms with E-state index in [9.17, 15) is 14.0 Å². The second kappa shape index (κ2) is 14.3. The quantitative estimate of drug-likeness (QED) is 0.223. The molecule has 1 saturated heterocycles. The number of piperidine rings is 1. The van der Waals surface area contributed by atoms with Gasteiger partial charge in [0.1, 0.15) is 24.2 Å². The smallest absolute Gasteiger partial charge is 0.247 e. The monoisotopic (exact) mass is 621 g/mol. The molecule has 10 nitrogen and oxygen atoms in total. The highest BCUT2D eigenvalue weighted by molar-refractivity contribution is 5.89. The molecule has 1 atom stereocenters. The van der Waals surface area contributed by atoms with Crippen molar-refractivity contribution in [2.75, 3.05) is 13.1 Å². The number of carbonyl (C=O) groups excluding carboxylic acids is 2. The molecule has 0 unspecified atom stereocenters. The topological polar surface area (TPSA) is 109 Å². The number of aryl methyl sites for hydroxylation is 1. The van der Waals surface area contributed by atoms with E-state index in [1.54, 1.807) is 29.2 Å². The molecule has 0 bridgehead atoms. The van der Waals surface area contributed by atoms with Crippen LogP contribution < -0.4 is 5.32 Å². The molecule has 1 aliphatic rings. The van der Waals surface area contributed by atoms with Crippen molar-refractivity contribution in [2.45, 2.75) is 51.5 Å². The molecule has 1 aliphatic heterocycles. The van der Waals surface area contributed by atoms with Crippen LogP contribution in [0.2, 0.25) is 0 Å². The van der Waals surface area contributed by atoms with Gasteiger partial charge in [0.05, 0.1) is 0 Å². The molecule has 5 aromatic rings. The van der Waals surface area contributed by atoms with Crippen LogP contribution in [0.3, 0.4) is 0 Å². The SMILES string of the molecule is Cc1ccc(-c2nnn(CC(=O)N(C3CCN(Cc4ccccc4)CC3)[C@H](C(=O)NCc3ccccc3)c3ccc(F)cc3)n2)o1. The lowest BCUT2D eigenvalue weighted by molar-refractivity contribution is -0.145. The second-order valence-electron chi connectivity index (χ2n) is 11.5. The van der Waals surface area contributed by atoms with E-state index in [0.717, 1.165) is 25.2 Å². The fourth-order valence-corrected chi connectivity index (χ4v) is 5.89. The standard InChI is InChI=1S/C35H36FN7O3/c1-25-12-17-31(46-25)34-38-40-42(39-34)24-32(44)43(30-18-20-41(21-19-30)23-27-10-6-3-7-11-27)33(28-13-15-29(36)16-14-28)35(45)37-22-26-8-4-2-5-9-26/h2-17,30,33H,18-24H2,1H3,(H,37,45)/t33-/m0/s1. The third-order valence-electron chi connectivity index (χ3n) is 8.20. The molecule has 0 spiro atoms. The number of hydrogen-bond donors (Lipinski definition) is 1. The summed E-state index contributed by atoms with van der Waals surface area (Å²) in [6.07, 6.45) is 1.31. The maximum absolute atomic E-state index is 14.3. The van der Waals surface area contributed by atoms with Gasteiger partial charge in [-0.15, -0.1) is 10.2 Å². The summed E-state index contributed by atoms with van der Waals surface area (Å²) < 4.78 is 19.7. The van der Waals surface area contributed by atoms with Crippen LogP contribution in [0.4, 0.5) is 4.39 Å². The van der Waals surface area contributed by atoms with Gasteiger partial charge < -0.3 is 14.6 Å². The van der Waals surface area contributed by atoms with Gasteiger partial charge in [-0.25, -0.2) is 4.39 Å². The molecular formula is C35H36FN7O3. The minimum absolute atomic E-state index is 0.236. The first-order valence-electron chi connectivity index (χ1n) is 15.4. The summed E-state index contributed by atoms with van der Waals surface area (Å²) in [5.74, 6) is 0.294. The van der Waals surface area contributed by atoms with Crippen LogP contribution in [0.15, 0.2) is 101 Å². The predicted octanol–water partition coefficient (Wildman–Crippen LogP) is 4.93. The molecule has 2 amide bonds. The molecule has 0 aliphatic carbocycles. The molecular weight excluding hydrogens is 585 g/mol. The highest BCUT2D eigenvalue weighted by atomic mass is 19.1. The average Bonchev–Trinajstić information content (AvgIpc) is 3.73. The lowest BCUT2D eigenvalue weighted by Gasteiger charge is -2.42. The molecule has 1 fully saturated rings. The van der Waals surface area contributed by atoms with Crippen molar-refractivity contribution in [3.8, 4) is 11.6 Å². The molecule has 3 heterocycles. The van der Waals surface area contributed by atoms with Gasteiger partial charge in [-0.1, -0.05) is 72.8 Å². The van der Waals surface area contributed by atoms with Gasteiger partial charge in [-0.05, 0) is 65.9 Å². The number of carbonyl (C=O) groups is 2. The van der Waals surface area contributed by atoms with Crippen molar-refractivity contribution in [3.05, 3.63) is 125 Å². The van der Waals surface area contributed by atoms with Gasteiger partial charge in [0.25, 0.3) is 0 Å². The zero-order valence-electron chi connectivity index (χ0n) is 25.6. The summed E-state index contributed by atoms with van der Waals surface area (Å²) in [5, 5.41) is 15.6. The minimum atomic E-state index is -1.00. The lowest BCUT2D eigenvalue weighted by Crippen LogP contribution is -2.53. The van der Waals surface area contributed by atoms with Crippen LogP contribution in [0.25, 0.3) is 11.6 Å². The highest BCUT2D eigenvalue weighted by Gasteiger charge is 2.38. The van der Waals surface area contributed by atoms with Crippen LogP contribution in [0, 0.1) is 12.7 Å². The van der Waals surface area contributed by atoms with E-state index < -0.39 is 11.9 Å². The van der Waals surface area contributed by atoms with Gasteiger partial charge in [0, 0.05) is 32.2 Å². The van der Waals surface area contributed by atoms with Gasteiger partial charge in [0.2, 0.25) is 17.6 Å². The Morgan fingerprint density at radius 2 is 1.61 bits per heavy atom. The van der Waals surface area contributed by atoms with E-state index in [2.05, 4.69) is 37.8 Å². The molecule has 3 aromatic carbocycles. The van der Waals surface area contributed by atoms with Crippen LogP contribution in [-0.4, -0.2) is 61.0 Å². The largest absolute Gasteiger partial charge is 0.458 e. The summed E-state index contributed by atoms with van der Waals surface area (Å²) in [6.45, 7) is 4.16. The van der Waals surface area contributed by atoms with Crippen LogP contribution in [0.5, 0.6) is 0 Å². The Morgan fingerprint density at radius 1 is 0.935 bits per heavy atom. The van der Waals surface area contributed by atoms with E-state index in [-0.39, 0.29) is 36.8 Å². The maximum atomic E-state index is 14.3. The number of tetrazole rings is 1. The maximum Gasteiger partial charge on any atom is 0.247 e. The van der Waals surface area contributed by atoms with E-state index in [4.69, 9.17) is 4.42 Å². The fourth-order valence-electron chi connectivity index (χ4n) is 5.89. The fraction of sp³-hybridized carbons (Fsp3) is 0.286. The lowest BCUT2D eigenvalue weighted by atomic mass is 9.96. The number of amides is 2. The Labute approximate surface area is 266 Å². The van der Waals surface area contributed by atoms with Crippen molar-refractivity contribution in [1.82, 2.24) is 35.3 Å². The normalized spacial score (nSPS) is 14.6. The van der Waals surface area contributed by atoms with E-state index >= 15 is 0 Å². The van der Waals surface area contributed by atoms with Gasteiger partial charge in [0.15, 0.2) is 5.76 Å². The Bertz CT molecular complexity index is 1730. The number of nitrogens with one attached hydrogen (secondary N) is 1. The number of furan rings is 1. The van der Waals surface area contributed by atoms with E-state index in [1.807, 2.05) is 55.5 Å². The van der Waals surface area contributed by atoms with E-state index in [0.29, 0.717) is 29.9 Å². The molecule has 11 heteroatoms. The number of benzene rings is 3. The Hall–Kier alpha value is -5.16. The molecule has 236 valence electrons. The number of likely N-dealkylation sites (tertiary alicyclic amines) is 1. The van der Waals surface area contributed by atoms with Gasteiger partial charge in [-0.2, -0.15) is 4.80 Å². The summed E-state index contributed by atoms with van der Waals surface area (Å²) in [4.78, 5) is 33.6. The van der Waals surface area contributed by atoms with Crippen LogP contribution in [0.1, 0.15) is 41.3 Å². The van der Waals surface area contributed by atoms with Crippen molar-refractivity contribution in [1.29, 1.82) is 0 Å². The minimum Gasteiger partial charge on any atom is -0.458 e. The second-order valence-corrected chi connectivity index (χ2v) is 11.5. The van der Waals surface area contributed by atoms with Gasteiger partial charge in [-0.3, -0.25) is 14.5 Å². The first-order valence-corrected chi connectivity index (χ1v) is 15.4. The summed E-state index contributed by atoms with van der Waals surface area (Å²) >= 11 is 0. The third kappa shape index (κ3) is 7.55. The molecule has 1 N–H and O–H groups in total. The van der Waals surface area contributed by atoms with Crippen molar-refractivity contribution >= 4 is 11.8 Å². The molecule has 6 rings (SSSR count). The van der Waals surface area contributed by atoms with Crippen molar-refractivity contribution in [2.24, 2.45) is 0 Å². The Balaban J connectivity index is 1.28.